The zero-order valence-electron chi connectivity index (χ0n) is 18.0. The molecule has 7 nitrogen and oxygen atoms in total. The summed E-state index contributed by atoms with van der Waals surface area (Å²) in [6, 6.07) is 5.48. The van der Waals surface area contributed by atoms with E-state index in [-0.39, 0.29) is 23.5 Å². The number of carbonyl (C=O) groups is 2. The maximum absolute atomic E-state index is 13.2. The fraction of sp³-hybridized carbons (Fsp3) is 0.522. The zero-order chi connectivity index (χ0) is 22.2. The van der Waals surface area contributed by atoms with Gasteiger partial charge in [0.25, 0.3) is 5.91 Å². The fourth-order valence-electron chi connectivity index (χ4n) is 4.71. The summed E-state index contributed by atoms with van der Waals surface area (Å²) in [6.07, 6.45) is 4.06. The molecule has 2 heterocycles. The highest BCUT2D eigenvalue weighted by molar-refractivity contribution is 7.91. The lowest BCUT2D eigenvalue weighted by Crippen LogP contribution is -2.43. The SMILES string of the molecule is CCN(C(=O)COC(=O)c1c2c(nc3ccc(C)cc13)CCCC2)C1CCS(=O)(=O)C1. The fourth-order valence-corrected chi connectivity index (χ4v) is 6.44. The lowest BCUT2D eigenvalue weighted by molar-refractivity contribution is -0.136. The molecule has 2 aliphatic rings. The molecule has 1 aliphatic heterocycles. The second-order valence-corrected chi connectivity index (χ2v) is 10.7. The third-order valence-electron chi connectivity index (χ3n) is 6.26. The predicted octanol–water partition coefficient (Wildman–Crippen LogP) is 2.61. The van der Waals surface area contributed by atoms with Gasteiger partial charge >= 0.3 is 5.97 Å². The van der Waals surface area contributed by atoms with E-state index in [1.54, 1.807) is 6.92 Å². The monoisotopic (exact) mass is 444 g/mol. The maximum Gasteiger partial charge on any atom is 0.339 e. The first-order chi connectivity index (χ1) is 14.8. The summed E-state index contributed by atoms with van der Waals surface area (Å²) in [4.78, 5) is 32.2. The van der Waals surface area contributed by atoms with E-state index >= 15 is 0 Å². The molecule has 0 saturated carbocycles. The summed E-state index contributed by atoms with van der Waals surface area (Å²) in [6.45, 7) is 3.75. The van der Waals surface area contributed by atoms with Gasteiger partial charge in [0.15, 0.2) is 16.4 Å². The highest BCUT2D eigenvalue weighted by Gasteiger charge is 2.34. The Balaban J connectivity index is 1.57. The highest BCUT2D eigenvalue weighted by Crippen LogP contribution is 2.30. The summed E-state index contributed by atoms with van der Waals surface area (Å²) in [5.41, 5.74) is 4.16. The van der Waals surface area contributed by atoms with Crippen molar-refractivity contribution in [3.63, 3.8) is 0 Å². The molecular formula is C23H28N2O5S. The van der Waals surface area contributed by atoms with Crippen LogP contribution in [0.1, 0.15) is 53.4 Å². The number of hydrogen-bond acceptors (Lipinski definition) is 6. The highest BCUT2D eigenvalue weighted by atomic mass is 32.2. The molecule has 0 radical (unpaired) electrons. The second kappa shape index (κ2) is 8.57. The number of rotatable bonds is 5. The van der Waals surface area contributed by atoms with E-state index in [1.807, 2.05) is 25.1 Å². The Bertz CT molecular complexity index is 1140. The van der Waals surface area contributed by atoms with Crippen molar-refractivity contribution in [3.05, 3.63) is 40.6 Å². The van der Waals surface area contributed by atoms with Gasteiger partial charge < -0.3 is 9.64 Å². The number of benzene rings is 1. The minimum Gasteiger partial charge on any atom is -0.452 e. The van der Waals surface area contributed by atoms with Crippen molar-refractivity contribution in [2.24, 2.45) is 0 Å². The van der Waals surface area contributed by atoms with Gasteiger partial charge in [-0.3, -0.25) is 9.78 Å². The molecule has 0 N–H and O–H groups in total. The van der Waals surface area contributed by atoms with Crippen LogP contribution in [0.5, 0.6) is 0 Å². The Labute approximate surface area is 182 Å². The number of esters is 1. The number of aryl methyl sites for hydroxylation is 2. The lowest BCUT2D eigenvalue weighted by Gasteiger charge is -2.26. The maximum atomic E-state index is 13.2. The molecule has 1 saturated heterocycles. The van der Waals surface area contributed by atoms with Crippen LogP contribution in [0.25, 0.3) is 10.9 Å². The van der Waals surface area contributed by atoms with E-state index in [0.717, 1.165) is 53.4 Å². The molecule has 4 rings (SSSR count). The van der Waals surface area contributed by atoms with Gasteiger partial charge in [-0.1, -0.05) is 11.6 Å². The van der Waals surface area contributed by atoms with Crippen LogP contribution in [0.2, 0.25) is 0 Å². The molecule has 1 unspecified atom stereocenters. The minimum absolute atomic E-state index is 0.0255. The Morgan fingerprint density at radius 3 is 2.71 bits per heavy atom. The molecule has 1 aromatic carbocycles. The molecule has 0 bridgehead atoms. The van der Waals surface area contributed by atoms with Crippen molar-refractivity contribution in [1.29, 1.82) is 0 Å². The van der Waals surface area contributed by atoms with Crippen LogP contribution in [0.15, 0.2) is 18.2 Å². The molecule has 1 aromatic heterocycles. The van der Waals surface area contributed by atoms with Crippen molar-refractivity contribution in [1.82, 2.24) is 9.88 Å². The molecule has 0 spiro atoms. The van der Waals surface area contributed by atoms with Crippen LogP contribution >= 0.6 is 0 Å². The van der Waals surface area contributed by atoms with Gasteiger partial charge in [-0.05, 0) is 63.6 Å². The van der Waals surface area contributed by atoms with E-state index in [1.165, 1.54) is 4.90 Å². The van der Waals surface area contributed by atoms with Crippen LogP contribution in [0.4, 0.5) is 0 Å². The Kier molecular flexibility index (Phi) is 6.01. The molecule has 1 fully saturated rings. The summed E-state index contributed by atoms with van der Waals surface area (Å²) in [5.74, 6) is -0.807. The number of pyridine rings is 1. The van der Waals surface area contributed by atoms with Crippen LogP contribution in [-0.2, 0) is 32.2 Å². The number of amides is 1. The standard InChI is InChI=1S/C23H28N2O5S/c1-3-25(16-10-11-31(28,29)14-16)21(26)13-30-23(27)22-17-6-4-5-7-19(17)24-20-9-8-15(2)12-18(20)22/h8-9,12,16H,3-7,10-11,13-14H2,1-2H3. The average Bonchev–Trinajstić information content (AvgIpc) is 3.10. The largest absolute Gasteiger partial charge is 0.452 e. The third-order valence-corrected chi connectivity index (χ3v) is 8.01. The number of nitrogens with zero attached hydrogens (tertiary/aromatic N) is 2. The van der Waals surface area contributed by atoms with Crippen LogP contribution in [0.3, 0.4) is 0 Å². The smallest absolute Gasteiger partial charge is 0.339 e. The van der Waals surface area contributed by atoms with Gasteiger partial charge in [-0.15, -0.1) is 0 Å². The molecule has 1 atom stereocenters. The summed E-state index contributed by atoms with van der Waals surface area (Å²) in [7, 11) is -3.11. The van der Waals surface area contributed by atoms with E-state index in [9.17, 15) is 18.0 Å². The quantitative estimate of drug-likeness (QED) is 0.658. The van der Waals surface area contributed by atoms with Crippen LogP contribution in [0, 0.1) is 6.92 Å². The van der Waals surface area contributed by atoms with Crippen molar-refractivity contribution >= 4 is 32.6 Å². The van der Waals surface area contributed by atoms with Crippen molar-refractivity contribution < 1.29 is 22.7 Å². The number of carbonyl (C=O) groups excluding carboxylic acids is 2. The van der Waals surface area contributed by atoms with Gasteiger partial charge in [0.2, 0.25) is 0 Å². The van der Waals surface area contributed by atoms with Crippen molar-refractivity contribution in [3.8, 4) is 0 Å². The second-order valence-electron chi connectivity index (χ2n) is 8.45. The number of ether oxygens (including phenoxy) is 1. The minimum atomic E-state index is -3.11. The molecule has 8 heteroatoms. The Morgan fingerprint density at radius 1 is 1.23 bits per heavy atom. The topological polar surface area (TPSA) is 93.6 Å². The first-order valence-electron chi connectivity index (χ1n) is 10.9. The zero-order valence-corrected chi connectivity index (χ0v) is 18.8. The summed E-state index contributed by atoms with van der Waals surface area (Å²) in [5, 5.41) is 0.757. The van der Waals surface area contributed by atoms with Gasteiger partial charge in [-0.25, -0.2) is 13.2 Å². The Morgan fingerprint density at radius 2 is 2.00 bits per heavy atom. The normalized spacial score (nSPS) is 19.7. The number of likely N-dealkylation sites (N-methyl/N-ethyl adjacent to an activating group) is 1. The molecular weight excluding hydrogens is 416 g/mol. The first-order valence-corrected chi connectivity index (χ1v) is 12.7. The molecule has 1 aliphatic carbocycles. The van der Waals surface area contributed by atoms with Crippen molar-refractivity contribution in [2.45, 2.75) is 52.0 Å². The molecule has 166 valence electrons. The van der Waals surface area contributed by atoms with Gasteiger partial charge in [0, 0.05) is 23.7 Å². The van der Waals surface area contributed by atoms with Gasteiger partial charge in [-0.2, -0.15) is 0 Å². The number of hydrogen-bond donors (Lipinski definition) is 0. The van der Waals surface area contributed by atoms with Crippen LogP contribution < -0.4 is 0 Å². The molecule has 2 aromatic rings. The lowest BCUT2D eigenvalue weighted by atomic mass is 9.89. The molecule has 31 heavy (non-hydrogen) atoms. The Hall–Kier alpha value is -2.48. The van der Waals surface area contributed by atoms with Gasteiger partial charge in [0.1, 0.15) is 0 Å². The van der Waals surface area contributed by atoms with Gasteiger partial charge in [0.05, 0.1) is 22.6 Å². The predicted molar refractivity (Wildman–Crippen MR) is 118 cm³/mol. The summed E-state index contributed by atoms with van der Waals surface area (Å²) < 4.78 is 29.1. The number of aromatic nitrogens is 1. The summed E-state index contributed by atoms with van der Waals surface area (Å²) >= 11 is 0. The van der Waals surface area contributed by atoms with E-state index in [4.69, 9.17) is 9.72 Å². The third kappa shape index (κ3) is 4.44. The van der Waals surface area contributed by atoms with E-state index in [0.29, 0.717) is 18.5 Å². The van der Waals surface area contributed by atoms with Crippen molar-refractivity contribution in [2.75, 3.05) is 24.7 Å². The average molecular weight is 445 g/mol. The van der Waals surface area contributed by atoms with E-state index in [2.05, 4.69) is 0 Å². The first kappa shape index (κ1) is 21.7. The van der Waals surface area contributed by atoms with E-state index < -0.39 is 22.4 Å². The number of sulfone groups is 1. The molecule has 1 amide bonds. The number of fused-ring (bicyclic) bond motifs is 2. The van der Waals surface area contributed by atoms with Crippen LogP contribution in [-0.4, -0.2) is 60.9 Å².